The van der Waals surface area contributed by atoms with Crippen LogP contribution in [-0.4, -0.2) is 18.2 Å². The Morgan fingerprint density at radius 1 is 1.64 bits per heavy atom. The zero-order valence-electron chi connectivity index (χ0n) is 6.70. The normalized spacial score (nSPS) is 21.3. The second-order valence-corrected chi connectivity index (χ2v) is 2.80. The molecule has 11 heavy (non-hydrogen) atoms. The van der Waals surface area contributed by atoms with Gasteiger partial charge in [0.15, 0.2) is 5.82 Å². The van der Waals surface area contributed by atoms with Gasteiger partial charge in [-0.15, -0.1) is 0 Å². The number of nitrogens with one attached hydrogen (secondary N) is 1. The van der Waals surface area contributed by atoms with Gasteiger partial charge < -0.3 is 10.2 Å². The zero-order valence-corrected chi connectivity index (χ0v) is 6.70. The molecule has 2 rings (SSSR count). The lowest BCUT2D eigenvalue weighted by molar-refractivity contribution is 0.805. The molecule has 0 spiro atoms. The fourth-order valence-corrected chi connectivity index (χ4v) is 1.30. The monoisotopic (exact) mass is 149 g/mol. The molecule has 0 aromatic carbocycles. The minimum absolute atomic E-state index is 0.361. The minimum Gasteiger partial charge on any atom is -0.352 e. The topological polar surface area (TPSA) is 28.2 Å². The first-order valence-corrected chi connectivity index (χ1v) is 3.73. The van der Waals surface area contributed by atoms with Crippen LogP contribution >= 0.6 is 0 Å². The van der Waals surface area contributed by atoms with Gasteiger partial charge in [-0.05, 0) is 19.1 Å². The van der Waals surface area contributed by atoms with Gasteiger partial charge >= 0.3 is 0 Å². The standard InChI is InChI=1S/C8H11N3/c1-6-10-8-7(11(6)2)4-3-5-9-8/h3-6H,1-2H3,(H,9,10). The van der Waals surface area contributed by atoms with Crippen LogP contribution in [0.2, 0.25) is 0 Å². The fourth-order valence-electron chi connectivity index (χ4n) is 1.30. The molecule has 1 N–H and O–H groups in total. The van der Waals surface area contributed by atoms with Crippen LogP contribution in [0.15, 0.2) is 18.3 Å². The van der Waals surface area contributed by atoms with Gasteiger partial charge in [0.1, 0.15) is 0 Å². The zero-order chi connectivity index (χ0) is 7.84. The number of rotatable bonds is 0. The van der Waals surface area contributed by atoms with E-state index in [0.29, 0.717) is 6.17 Å². The van der Waals surface area contributed by atoms with Crippen molar-refractivity contribution < 1.29 is 0 Å². The molecule has 0 bridgehead atoms. The molecule has 1 aromatic rings. The molecular weight excluding hydrogens is 138 g/mol. The van der Waals surface area contributed by atoms with Crippen LogP contribution in [0, 0.1) is 0 Å². The molecule has 1 aliphatic rings. The summed E-state index contributed by atoms with van der Waals surface area (Å²) < 4.78 is 0. The van der Waals surface area contributed by atoms with Gasteiger partial charge in [-0.1, -0.05) is 0 Å². The van der Waals surface area contributed by atoms with Crippen molar-refractivity contribution in [1.29, 1.82) is 0 Å². The maximum atomic E-state index is 4.21. The molecule has 3 nitrogen and oxygen atoms in total. The summed E-state index contributed by atoms with van der Waals surface area (Å²) in [6.07, 6.45) is 2.16. The summed E-state index contributed by atoms with van der Waals surface area (Å²) in [5.41, 5.74) is 1.18. The summed E-state index contributed by atoms with van der Waals surface area (Å²) in [7, 11) is 2.06. The molecule has 58 valence electrons. The number of pyridine rings is 1. The highest BCUT2D eigenvalue weighted by Crippen LogP contribution is 2.29. The Morgan fingerprint density at radius 2 is 2.45 bits per heavy atom. The van der Waals surface area contributed by atoms with Crippen LogP contribution < -0.4 is 10.2 Å². The van der Waals surface area contributed by atoms with Crippen molar-refractivity contribution in [3.63, 3.8) is 0 Å². The van der Waals surface area contributed by atoms with E-state index >= 15 is 0 Å². The third kappa shape index (κ3) is 0.843. The van der Waals surface area contributed by atoms with Crippen molar-refractivity contribution in [2.24, 2.45) is 0 Å². The number of nitrogens with zero attached hydrogens (tertiary/aromatic N) is 2. The third-order valence-electron chi connectivity index (χ3n) is 2.09. The Kier molecular flexibility index (Phi) is 1.24. The summed E-state index contributed by atoms with van der Waals surface area (Å²) in [4.78, 5) is 6.38. The second kappa shape index (κ2) is 2.12. The summed E-state index contributed by atoms with van der Waals surface area (Å²) in [6.45, 7) is 2.11. The SMILES string of the molecule is CC1Nc2ncccc2N1C. The Hall–Kier alpha value is -1.25. The Balaban J connectivity index is 2.47. The smallest absolute Gasteiger partial charge is 0.151 e. The van der Waals surface area contributed by atoms with Crippen molar-refractivity contribution in [3.05, 3.63) is 18.3 Å². The number of fused-ring (bicyclic) bond motifs is 1. The van der Waals surface area contributed by atoms with Crippen molar-refractivity contribution >= 4 is 11.5 Å². The lowest BCUT2D eigenvalue weighted by atomic mass is 10.4. The van der Waals surface area contributed by atoms with Crippen LogP contribution in [0.1, 0.15) is 6.92 Å². The highest BCUT2D eigenvalue weighted by Gasteiger charge is 2.21. The molecule has 0 aliphatic carbocycles. The largest absolute Gasteiger partial charge is 0.352 e. The average molecular weight is 149 g/mol. The molecule has 0 radical (unpaired) electrons. The Labute approximate surface area is 66.0 Å². The summed E-state index contributed by atoms with van der Waals surface area (Å²) in [6, 6.07) is 4.02. The molecule has 1 unspecified atom stereocenters. The molecule has 3 heteroatoms. The van der Waals surface area contributed by atoms with Crippen LogP contribution in [-0.2, 0) is 0 Å². The second-order valence-electron chi connectivity index (χ2n) is 2.80. The van der Waals surface area contributed by atoms with E-state index in [9.17, 15) is 0 Å². The van der Waals surface area contributed by atoms with E-state index in [1.165, 1.54) is 5.69 Å². The third-order valence-corrected chi connectivity index (χ3v) is 2.09. The van der Waals surface area contributed by atoms with Gasteiger partial charge in [0.2, 0.25) is 0 Å². The summed E-state index contributed by atoms with van der Waals surface area (Å²) in [5, 5.41) is 3.26. The molecule has 1 atom stereocenters. The van der Waals surface area contributed by atoms with E-state index in [1.807, 2.05) is 6.07 Å². The quantitative estimate of drug-likeness (QED) is 0.602. The number of hydrogen-bond acceptors (Lipinski definition) is 3. The number of hydrogen-bond donors (Lipinski definition) is 1. The van der Waals surface area contributed by atoms with Crippen LogP contribution in [0.3, 0.4) is 0 Å². The van der Waals surface area contributed by atoms with Crippen LogP contribution in [0.4, 0.5) is 11.5 Å². The van der Waals surface area contributed by atoms with Crippen molar-refractivity contribution in [1.82, 2.24) is 4.98 Å². The lowest BCUT2D eigenvalue weighted by Crippen LogP contribution is -2.28. The molecule has 0 amide bonds. The van der Waals surface area contributed by atoms with Gasteiger partial charge in [-0.2, -0.15) is 0 Å². The maximum Gasteiger partial charge on any atom is 0.151 e. The predicted octanol–water partition coefficient (Wildman–Crippen LogP) is 1.29. The van der Waals surface area contributed by atoms with Crippen LogP contribution in [0.5, 0.6) is 0 Å². The summed E-state index contributed by atoms with van der Waals surface area (Å²) >= 11 is 0. The van der Waals surface area contributed by atoms with E-state index in [2.05, 4.69) is 35.2 Å². The summed E-state index contributed by atoms with van der Waals surface area (Å²) in [5.74, 6) is 0.988. The molecule has 1 aliphatic heterocycles. The van der Waals surface area contributed by atoms with Gasteiger partial charge in [0.05, 0.1) is 11.9 Å². The van der Waals surface area contributed by atoms with Gasteiger partial charge in [-0.3, -0.25) is 0 Å². The Morgan fingerprint density at radius 3 is 3.18 bits per heavy atom. The predicted molar refractivity (Wildman–Crippen MR) is 45.7 cm³/mol. The molecule has 0 saturated carbocycles. The van der Waals surface area contributed by atoms with Crippen molar-refractivity contribution in [2.45, 2.75) is 13.1 Å². The first-order chi connectivity index (χ1) is 5.29. The van der Waals surface area contributed by atoms with E-state index in [0.717, 1.165) is 5.82 Å². The number of aromatic nitrogens is 1. The highest BCUT2D eigenvalue weighted by molar-refractivity contribution is 5.71. The van der Waals surface area contributed by atoms with Gasteiger partial charge in [0.25, 0.3) is 0 Å². The van der Waals surface area contributed by atoms with E-state index < -0.39 is 0 Å². The average Bonchev–Trinajstić information content (AvgIpc) is 2.30. The molecule has 2 heterocycles. The molecular formula is C8H11N3. The molecule has 1 aromatic heterocycles. The van der Waals surface area contributed by atoms with Crippen molar-refractivity contribution in [3.8, 4) is 0 Å². The Bertz CT molecular complexity index is 272. The minimum atomic E-state index is 0.361. The van der Waals surface area contributed by atoms with Gasteiger partial charge in [0, 0.05) is 13.2 Å². The maximum absolute atomic E-state index is 4.21. The van der Waals surface area contributed by atoms with E-state index in [4.69, 9.17) is 0 Å². The highest BCUT2D eigenvalue weighted by atomic mass is 15.3. The fraction of sp³-hybridized carbons (Fsp3) is 0.375. The first kappa shape index (κ1) is 6.46. The van der Waals surface area contributed by atoms with E-state index in [-0.39, 0.29) is 0 Å². The first-order valence-electron chi connectivity index (χ1n) is 3.73. The lowest BCUT2D eigenvalue weighted by Gasteiger charge is -2.16. The van der Waals surface area contributed by atoms with E-state index in [1.54, 1.807) is 6.20 Å². The number of anilines is 2. The van der Waals surface area contributed by atoms with Crippen molar-refractivity contribution in [2.75, 3.05) is 17.3 Å². The molecule has 0 fully saturated rings. The van der Waals surface area contributed by atoms with Crippen LogP contribution in [0.25, 0.3) is 0 Å². The van der Waals surface area contributed by atoms with Gasteiger partial charge in [-0.25, -0.2) is 4.98 Å². The molecule has 0 saturated heterocycles.